The van der Waals surface area contributed by atoms with Crippen LogP contribution in [0, 0.1) is 50.2 Å². The first-order valence-electron chi connectivity index (χ1n) is 24.2. The molecule has 0 aromatic heterocycles. The fourth-order valence-electron chi connectivity index (χ4n) is 15.0. The lowest BCUT2D eigenvalue weighted by Crippen LogP contribution is -2.67. The predicted molar refractivity (Wildman–Crippen MR) is 229 cm³/mol. The van der Waals surface area contributed by atoms with Gasteiger partial charge in [0.05, 0.1) is 24.2 Å². The van der Waals surface area contributed by atoms with Crippen LogP contribution in [0.3, 0.4) is 0 Å². The molecule has 7 fully saturated rings. The average molecular weight is 941 g/mol. The maximum atomic E-state index is 14.7. The fraction of sp³-hybridized carbons (Fsp3) is 0.917. The molecule has 66 heavy (non-hydrogen) atoms. The molecule has 0 aromatic rings. The highest BCUT2D eigenvalue weighted by Gasteiger charge is 2.70. The minimum atomic E-state index is -1.85. The molecule has 5 aliphatic carbocycles. The van der Waals surface area contributed by atoms with Gasteiger partial charge in [-0.3, -0.25) is 4.79 Å². The number of aliphatic carboxylic acids is 1. The Morgan fingerprint density at radius 2 is 1.30 bits per heavy atom. The third-order valence-electron chi connectivity index (χ3n) is 19.2. The largest absolute Gasteiger partial charge is 0.479 e. The predicted octanol–water partition coefficient (Wildman–Crippen LogP) is 1.26. The van der Waals surface area contributed by atoms with Crippen molar-refractivity contribution in [2.45, 2.75) is 218 Å². The van der Waals surface area contributed by atoms with Crippen LogP contribution in [0.25, 0.3) is 0 Å². The number of hydrogen-bond donors (Lipinski definition) is 10. The van der Waals surface area contributed by atoms with Gasteiger partial charge in [0.25, 0.3) is 0 Å². The quantitative estimate of drug-likeness (QED) is 0.0931. The molecule has 0 radical (unpaired) electrons. The van der Waals surface area contributed by atoms with Gasteiger partial charge in [-0.2, -0.15) is 0 Å². The van der Waals surface area contributed by atoms with Crippen molar-refractivity contribution in [2.75, 3.05) is 6.61 Å². The summed E-state index contributed by atoms with van der Waals surface area (Å²) in [4.78, 5) is 27.2. The van der Waals surface area contributed by atoms with Crippen molar-refractivity contribution < 1.29 is 89.1 Å². The van der Waals surface area contributed by atoms with Gasteiger partial charge >= 0.3 is 11.9 Å². The SMILES string of the molecule is CC1OC(OC2C(C(=O)O)OC(OC3CCC4(C)C(CCC5(C)C4CC=C4C6CC(C)(C)CCC6(C(=O)OC6OC(CO)C(O)C(O)C6O)CCC45C)C3(C)C)C(O)C2O)C(O)C(O)C1O. The summed E-state index contributed by atoms with van der Waals surface area (Å²) in [5, 5.41) is 105. The van der Waals surface area contributed by atoms with Crippen molar-refractivity contribution in [2.24, 2.45) is 50.2 Å². The lowest BCUT2D eigenvalue weighted by atomic mass is 9.33. The number of carboxylic acids is 1. The van der Waals surface area contributed by atoms with Crippen molar-refractivity contribution in [3.8, 4) is 0 Å². The van der Waals surface area contributed by atoms with Crippen LogP contribution in [0.15, 0.2) is 11.6 Å². The minimum Gasteiger partial charge on any atom is -0.479 e. The van der Waals surface area contributed by atoms with Gasteiger partial charge in [0.1, 0.15) is 61.0 Å². The molecule has 18 nitrogen and oxygen atoms in total. The molecule has 23 atom stereocenters. The number of aliphatic hydroxyl groups excluding tert-OH is 9. The van der Waals surface area contributed by atoms with E-state index in [0.717, 1.165) is 44.9 Å². The van der Waals surface area contributed by atoms with E-state index in [9.17, 15) is 60.7 Å². The number of hydrogen-bond acceptors (Lipinski definition) is 17. The van der Waals surface area contributed by atoms with Crippen LogP contribution in [0.4, 0.5) is 0 Å². The van der Waals surface area contributed by atoms with Crippen LogP contribution < -0.4 is 0 Å². The number of rotatable bonds is 8. The molecule has 8 rings (SSSR count). The Bertz CT molecular complexity index is 1860. The van der Waals surface area contributed by atoms with Crippen LogP contribution in [0.1, 0.15) is 120 Å². The minimum absolute atomic E-state index is 0.0659. The monoisotopic (exact) mass is 941 g/mol. The highest BCUT2D eigenvalue weighted by atomic mass is 16.7. The third kappa shape index (κ3) is 7.74. The Balaban J connectivity index is 1.01. The summed E-state index contributed by atoms with van der Waals surface area (Å²) in [7, 11) is 0. The molecule has 3 aliphatic heterocycles. The Labute approximate surface area is 386 Å². The molecule has 376 valence electrons. The molecule has 0 amide bonds. The van der Waals surface area contributed by atoms with Crippen LogP contribution in [-0.4, -0.2) is 168 Å². The van der Waals surface area contributed by atoms with Gasteiger partial charge in [0, 0.05) is 0 Å². The highest BCUT2D eigenvalue weighted by Crippen LogP contribution is 2.76. The Hall–Kier alpha value is -1.88. The maximum Gasteiger partial charge on any atom is 0.335 e. The first-order chi connectivity index (χ1) is 30.7. The molecule has 0 bridgehead atoms. The van der Waals surface area contributed by atoms with Crippen LogP contribution in [0.5, 0.6) is 0 Å². The molecule has 10 N–H and O–H groups in total. The van der Waals surface area contributed by atoms with Crippen LogP contribution >= 0.6 is 0 Å². The van der Waals surface area contributed by atoms with Gasteiger partial charge in [-0.05, 0) is 116 Å². The number of aliphatic hydroxyl groups is 9. The van der Waals surface area contributed by atoms with Gasteiger partial charge in [0.15, 0.2) is 18.7 Å². The van der Waals surface area contributed by atoms with E-state index in [-0.39, 0.29) is 39.4 Å². The zero-order chi connectivity index (χ0) is 48.4. The first kappa shape index (κ1) is 50.5. The smallest absolute Gasteiger partial charge is 0.335 e. The second kappa shape index (κ2) is 17.5. The highest BCUT2D eigenvalue weighted by molar-refractivity contribution is 5.79. The lowest BCUT2D eigenvalue weighted by molar-refractivity contribution is -0.361. The molecule has 23 unspecified atom stereocenters. The summed E-state index contributed by atoms with van der Waals surface area (Å²) in [6.07, 6.45) is -14.8. The van der Waals surface area contributed by atoms with Crippen molar-refractivity contribution in [1.82, 2.24) is 0 Å². The van der Waals surface area contributed by atoms with Gasteiger partial charge in [-0.1, -0.05) is 60.1 Å². The van der Waals surface area contributed by atoms with Crippen molar-refractivity contribution in [3.05, 3.63) is 11.6 Å². The zero-order valence-corrected chi connectivity index (χ0v) is 39.6. The van der Waals surface area contributed by atoms with Gasteiger partial charge < -0.3 is 79.5 Å². The zero-order valence-electron chi connectivity index (χ0n) is 39.6. The number of ether oxygens (including phenoxy) is 6. The molecule has 3 saturated heterocycles. The first-order valence-corrected chi connectivity index (χ1v) is 24.2. The third-order valence-corrected chi connectivity index (χ3v) is 19.2. The number of allylic oxidation sites excluding steroid dienone is 2. The molecule has 3 heterocycles. The molecule has 18 heteroatoms. The normalized spacial score (nSPS) is 53.2. The molecule has 0 aromatic carbocycles. The summed E-state index contributed by atoms with van der Waals surface area (Å²) >= 11 is 0. The van der Waals surface area contributed by atoms with Crippen molar-refractivity contribution in [3.63, 3.8) is 0 Å². The van der Waals surface area contributed by atoms with Gasteiger partial charge in [-0.25, -0.2) is 4.79 Å². The number of esters is 1. The summed E-state index contributed by atoms with van der Waals surface area (Å²) in [6.45, 7) is 16.7. The molecular weight excluding hydrogens is 865 g/mol. The number of carbonyl (C=O) groups excluding carboxylic acids is 1. The van der Waals surface area contributed by atoms with Crippen LogP contribution in [-0.2, 0) is 38.0 Å². The number of fused-ring (bicyclic) bond motifs is 7. The molecule has 8 aliphatic rings. The Morgan fingerprint density at radius 3 is 1.97 bits per heavy atom. The van der Waals surface area contributed by atoms with Crippen molar-refractivity contribution >= 4 is 11.9 Å². The second-order valence-electron chi connectivity index (χ2n) is 23.5. The van der Waals surface area contributed by atoms with E-state index in [4.69, 9.17) is 28.4 Å². The standard InChI is InChI=1S/C48H76O18/c1-21-28(50)30(52)33(55)39(61-21)64-36-32(54)35(57)41(65-37(36)38(58)59)63-27-12-13-45(6)25(44(27,4)5)11-14-47(8)26(45)10-9-22-23-19-43(2,3)15-17-48(23,18-16-46(22,47)7)42(60)66-40-34(56)31(53)29(51)24(20-49)62-40/h9,21,23-37,39-41,49-57H,10-20H2,1-8H3,(H,58,59). The van der Waals surface area contributed by atoms with E-state index in [1.54, 1.807) is 0 Å². The van der Waals surface area contributed by atoms with E-state index >= 15 is 0 Å². The second-order valence-corrected chi connectivity index (χ2v) is 23.5. The van der Waals surface area contributed by atoms with Gasteiger partial charge in [0.2, 0.25) is 6.29 Å². The number of carbonyl (C=O) groups is 2. The fourth-order valence-corrected chi connectivity index (χ4v) is 15.0. The van der Waals surface area contributed by atoms with E-state index in [1.165, 1.54) is 12.5 Å². The van der Waals surface area contributed by atoms with Crippen molar-refractivity contribution in [1.29, 1.82) is 0 Å². The topological polar surface area (TPSA) is 292 Å². The van der Waals surface area contributed by atoms with E-state index in [2.05, 4.69) is 54.5 Å². The summed E-state index contributed by atoms with van der Waals surface area (Å²) < 4.78 is 35.2. The van der Waals surface area contributed by atoms with Gasteiger partial charge in [-0.15, -0.1) is 0 Å². The summed E-state index contributed by atoms with van der Waals surface area (Å²) in [6, 6.07) is 0. The number of carboxylic acid groups (broad SMARTS) is 1. The van der Waals surface area contributed by atoms with E-state index in [0.29, 0.717) is 19.3 Å². The Morgan fingerprint density at radius 1 is 0.682 bits per heavy atom. The summed E-state index contributed by atoms with van der Waals surface area (Å²) in [5.74, 6) is -1.78. The van der Waals surface area contributed by atoms with E-state index < -0.39 is 128 Å². The average Bonchev–Trinajstić information content (AvgIpc) is 3.25. The molecule has 4 saturated carbocycles. The maximum absolute atomic E-state index is 14.7. The molecule has 0 spiro atoms. The Kier molecular flexibility index (Phi) is 13.4. The summed E-state index contributed by atoms with van der Waals surface area (Å²) in [5.41, 5.74) is -0.814. The lowest BCUT2D eigenvalue weighted by Gasteiger charge is -2.71. The van der Waals surface area contributed by atoms with E-state index in [1.807, 2.05) is 0 Å². The molecular formula is C48H76O18. The van der Waals surface area contributed by atoms with Crippen LogP contribution in [0.2, 0.25) is 0 Å².